The fraction of sp³-hybridized carbons (Fsp3) is 0.400. The van der Waals surface area contributed by atoms with Gasteiger partial charge in [0.25, 0.3) is 11.5 Å². The summed E-state index contributed by atoms with van der Waals surface area (Å²) in [6, 6.07) is 6.90. The molecule has 0 aliphatic carbocycles. The third-order valence-corrected chi connectivity index (χ3v) is 3.98. The molecule has 0 radical (unpaired) electrons. The molecule has 2 heterocycles. The predicted molar refractivity (Wildman–Crippen MR) is 83.5 cm³/mol. The van der Waals surface area contributed by atoms with Crippen LogP contribution in [0.2, 0.25) is 0 Å². The summed E-state index contributed by atoms with van der Waals surface area (Å²) in [6.07, 6.45) is 0.803. The van der Waals surface area contributed by atoms with E-state index in [0.29, 0.717) is 25.3 Å². The number of rotatable bonds is 6. The molecule has 0 saturated heterocycles. The summed E-state index contributed by atoms with van der Waals surface area (Å²) in [5.74, 6) is -0.143. The van der Waals surface area contributed by atoms with Crippen LogP contribution in [0, 0.1) is 0 Å². The van der Waals surface area contributed by atoms with E-state index in [1.165, 1.54) is 16.8 Å². The van der Waals surface area contributed by atoms with Crippen molar-refractivity contribution >= 4 is 17.2 Å². The van der Waals surface area contributed by atoms with Gasteiger partial charge in [0.1, 0.15) is 5.69 Å². The van der Waals surface area contributed by atoms with Gasteiger partial charge in [0.15, 0.2) is 0 Å². The van der Waals surface area contributed by atoms with E-state index in [0.717, 1.165) is 11.3 Å². The Bertz CT molecular complexity index is 649. The van der Waals surface area contributed by atoms with Crippen molar-refractivity contribution in [3.8, 4) is 0 Å². The molecule has 0 N–H and O–H groups in total. The van der Waals surface area contributed by atoms with E-state index in [9.17, 15) is 9.59 Å². The molecule has 0 saturated carbocycles. The average Bonchev–Trinajstić information content (AvgIpc) is 2.99. The van der Waals surface area contributed by atoms with E-state index in [-0.39, 0.29) is 11.5 Å². The lowest BCUT2D eigenvalue weighted by molar-refractivity contribution is 0.0745. The average molecular weight is 305 g/mol. The number of amides is 1. The second-order valence-electron chi connectivity index (χ2n) is 4.68. The molecule has 5 nitrogen and oxygen atoms in total. The molecule has 1 amide bonds. The van der Waals surface area contributed by atoms with E-state index < -0.39 is 0 Å². The molecule has 0 bridgehead atoms. The van der Waals surface area contributed by atoms with Crippen LogP contribution in [-0.4, -0.2) is 27.1 Å². The number of hydrogen-bond donors (Lipinski definition) is 0. The van der Waals surface area contributed by atoms with Crippen LogP contribution >= 0.6 is 11.3 Å². The second kappa shape index (κ2) is 7.17. The maximum atomic E-state index is 12.5. The number of thiophene rings is 1. The fourth-order valence-corrected chi connectivity index (χ4v) is 2.73. The number of hydrogen-bond acceptors (Lipinski definition) is 4. The first-order valence-corrected chi connectivity index (χ1v) is 7.93. The summed E-state index contributed by atoms with van der Waals surface area (Å²) in [4.78, 5) is 27.0. The lowest BCUT2D eigenvalue weighted by Crippen LogP contribution is -2.33. The summed E-state index contributed by atoms with van der Waals surface area (Å²) in [6.45, 7) is 5.61. The first kappa shape index (κ1) is 15.4. The lowest BCUT2D eigenvalue weighted by Gasteiger charge is -2.19. The summed E-state index contributed by atoms with van der Waals surface area (Å²) in [7, 11) is 0. The minimum Gasteiger partial charge on any atom is -0.332 e. The van der Waals surface area contributed by atoms with E-state index in [4.69, 9.17) is 0 Å². The van der Waals surface area contributed by atoms with Crippen molar-refractivity contribution in [1.82, 2.24) is 14.7 Å². The normalized spacial score (nSPS) is 10.6. The van der Waals surface area contributed by atoms with Crippen LogP contribution in [-0.2, 0) is 13.1 Å². The quantitative estimate of drug-likeness (QED) is 0.823. The molecule has 0 spiro atoms. The van der Waals surface area contributed by atoms with Crippen LogP contribution in [0.25, 0.3) is 0 Å². The highest BCUT2D eigenvalue weighted by atomic mass is 32.1. The second-order valence-corrected chi connectivity index (χ2v) is 5.71. The van der Waals surface area contributed by atoms with Gasteiger partial charge in [0.05, 0.1) is 6.54 Å². The van der Waals surface area contributed by atoms with Gasteiger partial charge in [0.2, 0.25) is 0 Å². The molecule has 6 heteroatoms. The summed E-state index contributed by atoms with van der Waals surface area (Å²) in [5, 5.41) is 6.17. The van der Waals surface area contributed by atoms with Gasteiger partial charge in [-0.2, -0.15) is 5.10 Å². The zero-order valence-corrected chi connectivity index (χ0v) is 13.1. The van der Waals surface area contributed by atoms with Crippen molar-refractivity contribution in [1.29, 1.82) is 0 Å². The van der Waals surface area contributed by atoms with Crippen molar-refractivity contribution in [3.05, 3.63) is 50.6 Å². The molecular formula is C15H19N3O2S. The first-order chi connectivity index (χ1) is 10.2. The monoisotopic (exact) mass is 305 g/mol. The first-order valence-electron chi connectivity index (χ1n) is 7.05. The van der Waals surface area contributed by atoms with Crippen LogP contribution in [0.1, 0.15) is 35.6 Å². The van der Waals surface area contributed by atoms with Crippen LogP contribution in [0.15, 0.2) is 34.4 Å². The fourth-order valence-electron chi connectivity index (χ4n) is 2.01. The number of aromatic nitrogens is 2. The molecule has 0 aliphatic heterocycles. The molecule has 0 atom stereocenters. The van der Waals surface area contributed by atoms with Crippen LogP contribution in [0.3, 0.4) is 0 Å². The van der Waals surface area contributed by atoms with Crippen LogP contribution < -0.4 is 5.56 Å². The van der Waals surface area contributed by atoms with Gasteiger partial charge in [-0.1, -0.05) is 13.0 Å². The Labute approximate surface area is 127 Å². The Balaban J connectivity index is 2.21. The van der Waals surface area contributed by atoms with Gasteiger partial charge in [-0.25, -0.2) is 4.68 Å². The minimum atomic E-state index is -0.172. The Kier molecular flexibility index (Phi) is 5.27. The summed E-state index contributed by atoms with van der Waals surface area (Å²) >= 11 is 1.62. The molecule has 0 fully saturated rings. The Morgan fingerprint density at radius 1 is 1.33 bits per heavy atom. The summed E-state index contributed by atoms with van der Waals surface area (Å²) < 4.78 is 1.35. The van der Waals surface area contributed by atoms with E-state index in [2.05, 4.69) is 5.10 Å². The zero-order valence-electron chi connectivity index (χ0n) is 12.3. The van der Waals surface area contributed by atoms with Crippen molar-refractivity contribution in [2.75, 3.05) is 6.54 Å². The number of nitrogens with zero attached hydrogens (tertiary/aromatic N) is 3. The highest BCUT2D eigenvalue weighted by Crippen LogP contribution is 2.13. The number of carbonyl (C=O) groups excluding carboxylic acids is 1. The van der Waals surface area contributed by atoms with Gasteiger partial charge >= 0.3 is 0 Å². The molecule has 0 aliphatic rings. The van der Waals surface area contributed by atoms with Crippen molar-refractivity contribution in [3.63, 3.8) is 0 Å². The van der Waals surface area contributed by atoms with Gasteiger partial charge in [0, 0.05) is 24.0 Å². The third-order valence-electron chi connectivity index (χ3n) is 3.12. The topological polar surface area (TPSA) is 55.2 Å². The predicted octanol–water partition coefficient (Wildman–Crippen LogP) is 2.38. The molecule has 112 valence electrons. The number of aryl methyl sites for hydroxylation is 1. The Hall–Kier alpha value is -1.95. The zero-order chi connectivity index (χ0) is 15.2. The van der Waals surface area contributed by atoms with E-state index >= 15 is 0 Å². The molecule has 2 rings (SSSR count). The van der Waals surface area contributed by atoms with E-state index in [1.807, 2.05) is 31.4 Å². The van der Waals surface area contributed by atoms with Crippen molar-refractivity contribution in [2.45, 2.75) is 33.4 Å². The van der Waals surface area contributed by atoms with Gasteiger partial charge in [-0.15, -0.1) is 11.3 Å². The molecule has 21 heavy (non-hydrogen) atoms. The Morgan fingerprint density at radius 3 is 2.76 bits per heavy atom. The van der Waals surface area contributed by atoms with Crippen molar-refractivity contribution in [2.24, 2.45) is 0 Å². The van der Waals surface area contributed by atoms with Crippen molar-refractivity contribution < 1.29 is 4.79 Å². The summed E-state index contributed by atoms with van der Waals surface area (Å²) in [5.41, 5.74) is 0.149. The lowest BCUT2D eigenvalue weighted by atomic mass is 10.3. The molecule has 0 aromatic carbocycles. The number of carbonyl (C=O) groups is 1. The highest BCUT2D eigenvalue weighted by molar-refractivity contribution is 7.09. The molecule has 0 unspecified atom stereocenters. The third kappa shape index (κ3) is 3.78. The molecule has 2 aromatic heterocycles. The minimum absolute atomic E-state index is 0.143. The van der Waals surface area contributed by atoms with Gasteiger partial charge < -0.3 is 4.90 Å². The SMILES string of the molecule is CCCn1nc(C(=O)N(CC)Cc2cccs2)ccc1=O. The highest BCUT2D eigenvalue weighted by Gasteiger charge is 2.17. The molecule has 2 aromatic rings. The van der Waals surface area contributed by atoms with Gasteiger partial charge in [-0.3, -0.25) is 9.59 Å². The van der Waals surface area contributed by atoms with Crippen LogP contribution in [0.5, 0.6) is 0 Å². The van der Waals surface area contributed by atoms with Crippen LogP contribution in [0.4, 0.5) is 0 Å². The maximum Gasteiger partial charge on any atom is 0.274 e. The smallest absolute Gasteiger partial charge is 0.274 e. The maximum absolute atomic E-state index is 12.5. The standard InChI is InChI=1S/C15H19N3O2S/c1-3-9-18-14(19)8-7-13(16-18)15(20)17(4-2)11-12-6-5-10-21-12/h5-8,10H,3-4,9,11H2,1-2H3. The molecular weight excluding hydrogens is 286 g/mol. The largest absolute Gasteiger partial charge is 0.332 e. The van der Waals surface area contributed by atoms with Gasteiger partial charge in [-0.05, 0) is 30.9 Å². The van der Waals surface area contributed by atoms with E-state index in [1.54, 1.807) is 16.2 Å². The Morgan fingerprint density at radius 2 is 2.14 bits per heavy atom.